The van der Waals surface area contributed by atoms with E-state index >= 15 is 0 Å². The summed E-state index contributed by atoms with van der Waals surface area (Å²) >= 11 is 0. The molecule has 0 amide bonds. The van der Waals surface area contributed by atoms with Gasteiger partial charge >= 0.3 is 0 Å². The first-order valence-corrected chi connectivity index (χ1v) is 21.6. The lowest BCUT2D eigenvalue weighted by Gasteiger charge is -2.61. The molecule has 0 N–H and O–H groups in total. The highest BCUT2D eigenvalue weighted by molar-refractivity contribution is 5.91. The van der Waals surface area contributed by atoms with E-state index in [9.17, 15) is 0 Å². The summed E-state index contributed by atoms with van der Waals surface area (Å²) in [5.41, 5.74) is 18.7. The summed E-state index contributed by atoms with van der Waals surface area (Å²) in [5.74, 6) is 3.43. The van der Waals surface area contributed by atoms with Gasteiger partial charge in [0.1, 0.15) is 0 Å². The van der Waals surface area contributed by atoms with Crippen molar-refractivity contribution in [2.24, 2.45) is 23.7 Å². The fourth-order valence-corrected chi connectivity index (χ4v) is 14.0. The number of anilines is 3. The Balaban J connectivity index is 0.982. The van der Waals surface area contributed by atoms with Crippen molar-refractivity contribution in [1.29, 1.82) is 0 Å². The highest BCUT2D eigenvalue weighted by Crippen LogP contribution is 2.69. The molecule has 5 fully saturated rings. The molecular formula is C55H47N. The molecule has 7 aliphatic carbocycles. The zero-order valence-corrected chi connectivity index (χ0v) is 32.1. The van der Waals surface area contributed by atoms with Crippen molar-refractivity contribution in [1.82, 2.24) is 0 Å². The smallest absolute Gasteiger partial charge is 0.0468 e. The van der Waals surface area contributed by atoms with Crippen LogP contribution in [0.5, 0.6) is 0 Å². The summed E-state index contributed by atoms with van der Waals surface area (Å²) in [6, 6.07) is 58.8. The van der Waals surface area contributed by atoms with Gasteiger partial charge in [0.05, 0.1) is 0 Å². The zero-order chi connectivity index (χ0) is 36.6. The summed E-state index contributed by atoms with van der Waals surface area (Å²) in [7, 11) is 0. The van der Waals surface area contributed by atoms with Gasteiger partial charge in [-0.05, 0) is 177 Å². The fraction of sp³-hybridized carbons (Fsp3) is 0.273. The average Bonchev–Trinajstić information content (AvgIpc) is 3.93. The van der Waals surface area contributed by atoms with Crippen LogP contribution >= 0.6 is 0 Å². The maximum atomic E-state index is 2.59. The van der Waals surface area contributed by atoms with Crippen LogP contribution in [0.15, 0.2) is 152 Å². The lowest BCUT2D eigenvalue weighted by atomic mass is 9.43. The van der Waals surface area contributed by atoms with Gasteiger partial charge in [-0.15, -0.1) is 0 Å². The van der Waals surface area contributed by atoms with E-state index in [4.69, 9.17) is 0 Å². The van der Waals surface area contributed by atoms with E-state index in [1.807, 2.05) is 0 Å². The van der Waals surface area contributed by atoms with E-state index in [0.29, 0.717) is 0 Å². The number of nitrogens with zero attached hydrogens (tertiary/aromatic N) is 1. The highest BCUT2D eigenvalue weighted by atomic mass is 15.1. The first kappa shape index (κ1) is 31.8. The van der Waals surface area contributed by atoms with Crippen molar-refractivity contribution in [3.05, 3.63) is 174 Å². The molecule has 4 bridgehead atoms. The van der Waals surface area contributed by atoms with Gasteiger partial charge in [-0.1, -0.05) is 122 Å². The van der Waals surface area contributed by atoms with Crippen LogP contribution in [0, 0.1) is 23.7 Å². The Morgan fingerprint density at radius 1 is 0.393 bits per heavy atom. The van der Waals surface area contributed by atoms with Gasteiger partial charge in [0.2, 0.25) is 0 Å². The average molecular weight is 722 g/mol. The molecule has 2 spiro atoms. The predicted octanol–water partition coefficient (Wildman–Crippen LogP) is 14.5. The van der Waals surface area contributed by atoms with Crippen molar-refractivity contribution < 1.29 is 0 Å². The minimum atomic E-state index is 0.121. The normalized spacial score (nSPS) is 25.4. The van der Waals surface area contributed by atoms with E-state index in [-0.39, 0.29) is 10.8 Å². The second kappa shape index (κ2) is 11.6. The van der Waals surface area contributed by atoms with E-state index < -0.39 is 0 Å². The third-order valence-electron chi connectivity index (χ3n) is 16.0. The molecule has 0 aromatic heterocycles. The molecule has 56 heavy (non-hydrogen) atoms. The Morgan fingerprint density at radius 3 is 1.73 bits per heavy atom. The molecule has 272 valence electrons. The summed E-state index contributed by atoms with van der Waals surface area (Å²) in [6.45, 7) is 0. The van der Waals surface area contributed by atoms with Crippen LogP contribution in [-0.2, 0) is 10.8 Å². The van der Waals surface area contributed by atoms with Gasteiger partial charge in [0, 0.05) is 27.9 Å². The van der Waals surface area contributed by atoms with Crippen LogP contribution in [0.25, 0.3) is 44.2 Å². The van der Waals surface area contributed by atoms with Crippen LogP contribution in [0.2, 0.25) is 0 Å². The van der Waals surface area contributed by atoms with Crippen molar-refractivity contribution in [3.8, 4) is 33.4 Å². The lowest BCUT2D eigenvalue weighted by Crippen LogP contribution is -2.55. The predicted molar refractivity (Wildman–Crippen MR) is 232 cm³/mol. The largest absolute Gasteiger partial charge is 0.310 e. The molecule has 5 saturated carbocycles. The number of hydrogen-bond acceptors (Lipinski definition) is 1. The Kier molecular flexibility index (Phi) is 6.57. The summed E-state index contributed by atoms with van der Waals surface area (Å²) in [5, 5.41) is 2.57. The number of rotatable bonds is 4. The maximum Gasteiger partial charge on any atom is 0.0468 e. The topological polar surface area (TPSA) is 3.24 Å². The summed E-state index contributed by atoms with van der Waals surface area (Å²) in [4.78, 5) is 2.57. The van der Waals surface area contributed by atoms with Crippen molar-refractivity contribution in [2.45, 2.75) is 68.6 Å². The maximum absolute atomic E-state index is 2.59. The molecule has 0 saturated heterocycles. The molecular weight excluding hydrogens is 675 g/mol. The van der Waals surface area contributed by atoms with Crippen LogP contribution in [-0.4, -0.2) is 0 Å². The quantitative estimate of drug-likeness (QED) is 0.175. The highest BCUT2D eigenvalue weighted by Gasteiger charge is 2.61. The Bertz CT molecular complexity index is 2700. The Hall–Kier alpha value is -5.40. The minimum Gasteiger partial charge on any atom is -0.310 e. The van der Waals surface area contributed by atoms with Crippen molar-refractivity contribution in [2.75, 3.05) is 4.90 Å². The SMILES string of the molecule is c1ccc2c(c1)-c1ccc(N(c3ccc(-c4ccc5ccccc5c4)cc3)c3ccc4c(c3)-c3ccccc3C43C4CC5CC(C4)CC3C5)cc1C21CCCC1. The van der Waals surface area contributed by atoms with E-state index in [0.717, 1.165) is 23.7 Å². The van der Waals surface area contributed by atoms with Gasteiger partial charge in [0.15, 0.2) is 0 Å². The fourth-order valence-electron chi connectivity index (χ4n) is 14.0. The summed E-state index contributed by atoms with van der Waals surface area (Å²) < 4.78 is 0. The van der Waals surface area contributed by atoms with Gasteiger partial charge < -0.3 is 4.90 Å². The van der Waals surface area contributed by atoms with Crippen LogP contribution in [0.4, 0.5) is 17.1 Å². The molecule has 7 aliphatic rings. The van der Waals surface area contributed by atoms with E-state index in [1.54, 1.807) is 16.7 Å². The molecule has 7 aromatic carbocycles. The molecule has 14 rings (SSSR count). The lowest BCUT2D eigenvalue weighted by molar-refractivity contribution is -0.0399. The molecule has 7 aromatic rings. The van der Waals surface area contributed by atoms with Crippen LogP contribution in [0.1, 0.15) is 80.0 Å². The molecule has 1 heteroatoms. The number of benzene rings is 7. The molecule has 1 nitrogen and oxygen atoms in total. The van der Waals surface area contributed by atoms with Gasteiger partial charge in [-0.2, -0.15) is 0 Å². The molecule has 0 heterocycles. The van der Waals surface area contributed by atoms with Crippen molar-refractivity contribution >= 4 is 27.8 Å². The monoisotopic (exact) mass is 721 g/mol. The van der Waals surface area contributed by atoms with Crippen LogP contribution < -0.4 is 4.90 Å². The third-order valence-corrected chi connectivity index (χ3v) is 16.0. The Morgan fingerprint density at radius 2 is 0.964 bits per heavy atom. The number of fused-ring (bicyclic) bond motifs is 9. The molecule has 0 unspecified atom stereocenters. The second-order valence-electron chi connectivity index (χ2n) is 18.5. The van der Waals surface area contributed by atoms with Crippen LogP contribution in [0.3, 0.4) is 0 Å². The van der Waals surface area contributed by atoms with Gasteiger partial charge in [-0.25, -0.2) is 0 Å². The zero-order valence-electron chi connectivity index (χ0n) is 32.1. The first-order chi connectivity index (χ1) is 27.7. The Labute approximate surface area is 331 Å². The van der Waals surface area contributed by atoms with E-state index in [2.05, 4.69) is 157 Å². The second-order valence-corrected chi connectivity index (χ2v) is 18.5. The number of hydrogen-bond donors (Lipinski definition) is 0. The van der Waals surface area contributed by atoms with Gasteiger partial charge in [0.25, 0.3) is 0 Å². The first-order valence-electron chi connectivity index (χ1n) is 21.6. The molecule has 0 radical (unpaired) electrons. The molecule has 0 atom stereocenters. The molecule has 0 aliphatic heterocycles. The summed E-state index contributed by atoms with van der Waals surface area (Å²) in [6.07, 6.45) is 12.2. The standard InChI is InChI=1S/C55H47N/c1-2-10-39-32-40(16-15-37(39)9-1)38-17-19-43(20-18-38)56(45-21-23-48-46-11-3-5-13-50(46)54(53(48)34-45)25-7-8-26-54)44-22-24-52-49(33-44)47-12-4-6-14-51(47)55(52)41-28-35-27-36(30-41)31-42(55)29-35/h1-6,9-24,32-36,41-42H,7-8,25-31H2. The third kappa shape index (κ3) is 4.22. The minimum absolute atomic E-state index is 0.121. The van der Waals surface area contributed by atoms with Crippen molar-refractivity contribution in [3.63, 3.8) is 0 Å². The van der Waals surface area contributed by atoms with E-state index in [1.165, 1.54) is 125 Å². The van der Waals surface area contributed by atoms with Gasteiger partial charge in [-0.3, -0.25) is 0 Å².